The van der Waals surface area contributed by atoms with Crippen LogP contribution in [0.25, 0.3) is 0 Å². The highest BCUT2D eigenvalue weighted by Gasteiger charge is 2.33. The number of nitrogens with zero attached hydrogens (tertiary/aromatic N) is 2. The van der Waals surface area contributed by atoms with Gasteiger partial charge in [-0.05, 0) is 20.5 Å². The Bertz CT molecular complexity index is 252. The number of morpholine rings is 1. The second kappa shape index (κ2) is 5.12. The van der Waals surface area contributed by atoms with Crippen molar-refractivity contribution in [2.24, 2.45) is 0 Å². The van der Waals surface area contributed by atoms with Gasteiger partial charge in [0.25, 0.3) is 0 Å². The molecule has 1 amide bonds. The van der Waals surface area contributed by atoms with Gasteiger partial charge in [0.05, 0.1) is 19.3 Å². The Hall–Kier alpha value is -0.650. The number of amides is 1. The lowest BCUT2D eigenvalue weighted by molar-refractivity contribution is -0.137. The lowest BCUT2D eigenvalue weighted by Crippen LogP contribution is -2.48. The normalized spacial score (nSPS) is 31.1. The topological polar surface area (TPSA) is 44.8 Å². The molecule has 2 heterocycles. The van der Waals surface area contributed by atoms with Crippen LogP contribution in [0.4, 0.5) is 0 Å². The van der Waals surface area contributed by atoms with E-state index in [4.69, 9.17) is 4.74 Å². The number of carbonyl (C=O) groups is 1. The molecule has 0 spiro atoms. The Morgan fingerprint density at radius 2 is 2.06 bits per heavy atom. The maximum absolute atomic E-state index is 12.2. The average Bonchev–Trinajstić information content (AvgIpc) is 2.78. The minimum absolute atomic E-state index is 0.00509. The van der Waals surface area contributed by atoms with Crippen molar-refractivity contribution in [3.05, 3.63) is 0 Å². The van der Waals surface area contributed by atoms with Gasteiger partial charge >= 0.3 is 0 Å². The van der Waals surface area contributed by atoms with Crippen LogP contribution in [0, 0.1) is 0 Å². The van der Waals surface area contributed by atoms with E-state index >= 15 is 0 Å². The Morgan fingerprint density at radius 3 is 2.62 bits per heavy atom. The van der Waals surface area contributed by atoms with Crippen LogP contribution in [0.2, 0.25) is 0 Å². The molecule has 0 bridgehead atoms. The van der Waals surface area contributed by atoms with Gasteiger partial charge in [-0.25, -0.2) is 0 Å². The smallest absolute Gasteiger partial charge is 0.239 e. The molecule has 0 aromatic rings. The molecule has 92 valence electrons. The van der Waals surface area contributed by atoms with E-state index in [2.05, 4.69) is 24.3 Å². The molecule has 0 saturated carbocycles. The number of rotatable bonds is 2. The first-order chi connectivity index (χ1) is 7.68. The summed E-state index contributed by atoms with van der Waals surface area (Å²) in [5.41, 5.74) is 0. The minimum atomic E-state index is 0.00509. The summed E-state index contributed by atoms with van der Waals surface area (Å²) in [6, 6.07) is 0.487. The van der Waals surface area contributed by atoms with Gasteiger partial charge in [0.1, 0.15) is 0 Å². The van der Waals surface area contributed by atoms with Gasteiger partial charge in [0, 0.05) is 25.7 Å². The molecule has 0 aliphatic carbocycles. The van der Waals surface area contributed by atoms with Crippen molar-refractivity contribution in [1.29, 1.82) is 0 Å². The summed E-state index contributed by atoms with van der Waals surface area (Å²) in [5.74, 6) is 0.243. The van der Waals surface area contributed by atoms with E-state index in [0.29, 0.717) is 19.3 Å². The van der Waals surface area contributed by atoms with E-state index in [1.54, 1.807) is 0 Å². The second-order valence-corrected chi connectivity index (χ2v) is 4.75. The lowest BCUT2D eigenvalue weighted by atomic mass is 10.1. The first-order valence-corrected chi connectivity index (χ1v) is 5.95. The summed E-state index contributed by atoms with van der Waals surface area (Å²) in [5, 5.41) is 3.31. The van der Waals surface area contributed by atoms with Crippen molar-refractivity contribution in [3.63, 3.8) is 0 Å². The van der Waals surface area contributed by atoms with Gasteiger partial charge in [-0.1, -0.05) is 0 Å². The van der Waals surface area contributed by atoms with Crippen LogP contribution in [0.3, 0.4) is 0 Å². The van der Waals surface area contributed by atoms with Gasteiger partial charge in [-0.3, -0.25) is 4.79 Å². The van der Waals surface area contributed by atoms with E-state index in [-0.39, 0.29) is 11.9 Å². The van der Waals surface area contributed by atoms with Gasteiger partial charge in [0.2, 0.25) is 5.91 Å². The highest BCUT2D eigenvalue weighted by atomic mass is 16.5. The first kappa shape index (κ1) is 11.8. The Kier molecular flexibility index (Phi) is 3.78. The van der Waals surface area contributed by atoms with E-state index in [0.717, 1.165) is 26.1 Å². The Balaban J connectivity index is 1.86. The van der Waals surface area contributed by atoms with E-state index < -0.39 is 0 Å². The summed E-state index contributed by atoms with van der Waals surface area (Å²) < 4.78 is 5.25. The number of carbonyl (C=O) groups excluding carboxylic acids is 1. The highest BCUT2D eigenvalue weighted by Crippen LogP contribution is 2.14. The highest BCUT2D eigenvalue weighted by molar-refractivity contribution is 5.82. The molecule has 16 heavy (non-hydrogen) atoms. The number of hydrogen-bond donors (Lipinski definition) is 1. The molecule has 2 aliphatic rings. The van der Waals surface area contributed by atoms with Crippen LogP contribution in [0.15, 0.2) is 0 Å². The van der Waals surface area contributed by atoms with Crippen molar-refractivity contribution >= 4 is 5.91 Å². The van der Waals surface area contributed by atoms with Crippen LogP contribution >= 0.6 is 0 Å². The first-order valence-electron chi connectivity index (χ1n) is 5.95. The van der Waals surface area contributed by atoms with Gasteiger partial charge < -0.3 is 19.9 Å². The van der Waals surface area contributed by atoms with Gasteiger partial charge in [-0.15, -0.1) is 0 Å². The van der Waals surface area contributed by atoms with Crippen molar-refractivity contribution in [3.8, 4) is 0 Å². The second-order valence-electron chi connectivity index (χ2n) is 4.75. The molecule has 1 N–H and O–H groups in total. The molecule has 5 heteroatoms. The van der Waals surface area contributed by atoms with E-state index in [1.165, 1.54) is 0 Å². The Morgan fingerprint density at radius 1 is 1.38 bits per heavy atom. The standard InChI is InChI=1S/C11H21N3O2/c1-13(2)9-7-10(12-8-9)11(15)14-3-5-16-6-4-14/h9-10,12H,3-8H2,1-2H3/t9-,10-/m0/s1. The minimum Gasteiger partial charge on any atom is -0.378 e. The van der Waals surface area contributed by atoms with Crippen molar-refractivity contribution < 1.29 is 9.53 Å². The quantitative estimate of drug-likeness (QED) is 0.666. The molecule has 2 rings (SSSR count). The number of hydrogen-bond acceptors (Lipinski definition) is 4. The fraction of sp³-hybridized carbons (Fsp3) is 0.909. The fourth-order valence-corrected chi connectivity index (χ4v) is 2.30. The van der Waals surface area contributed by atoms with Crippen LogP contribution in [-0.4, -0.2) is 74.7 Å². The van der Waals surface area contributed by atoms with Gasteiger partial charge in [-0.2, -0.15) is 0 Å². The molecule has 2 fully saturated rings. The van der Waals surface area contributed by atoms with Crippen molar-refractivity contribution in [2.45, 2.75) is 18.5 Å². The SMILES string of the molecule is CN(C)[C@@H]1CN[C@H](C(=O)N2CCOCC2)C1. The maximum Gasteiger partial charge on any atom is 0.239 e. The number of ether oxygens (including phenoxy) is 1. The van der Waals surface area contributed by atoms with Crippen LogP contribution in [0.1, 0.15) is 6.42 Å². The molecule has 0 radical (unpaired) electrons. The molecule has 5 nitrogen and oxygen atoms in total. The molecule has 2 aliphatic heterocycles. The molecule has 2 atom stereocenters. The fourth-order valence-electron chi connectivity index (χ4n) is 2.30. The van der Waals surface area contributed by atoms with E-state index in [9.17, 15) is 4.79 Å². The number of likely N-dealkylation sites (N-methyl/N-ethyl adjacent to an activating group) is 1. The third-order valence-electron chi connectivity index (χ3n) is 3.46. The predicted molar refractivity (Wildman–Crippen MR) is 61.3 cm³/mol. The third kappa shape index (κ3) is 2.53. The average molecular weight is 227 g/mol. The molecule has 0 aromatic carbocycles. The summed E-state index contributed by atoms with van der Waals surface area (Å²) in [6.07, 6.45) is 0.920. The summed E-state index contributed by atoms with van der Waals surface area (Å²) in [7, 11) is 4.13. The van der Waals surface area contributed by atoms with Crippen LogP contribution < -0.4 is 5.32 Å². The lowest BCUT2D eigenvalue weighted by Gasteiger charge is -2.29. The summed E-state index contributed by atoms with van der Waals surface area (Å²) >= 11 is 0. The summed E-state index contributed by atoms with van der Waals surface area (Å²) in [4.78, 5) is 16.3. The van der Waals surface area contributed by atoms with Crippen LogP contribution in [0.5, 0.6) is 0 Å². The molecule has 0 aromatic heterocycles. The Labute approximate surface area is 96.7 Å². The zero-order valence-corrected chi connectivity index (χ0v) is 10.1. The van der Waals surface area contributed by atoms with Gasteiger partial charge in [0.15, 0.2) is 0 Å². The zero-order valence-electron chi connectivity index (χ0n) is 10.1. The van der Waals surface area contributed by atoms with Crippen LogP contribution in [-0.2, 0) is 9.53 Å². The van der Waals surface area contributed by atoms with E-state index in [1.807, 2.05) is 4.90 Å². The van der Waals surface area contributed by atoms with Crippen molar-refractivity contribution in [2.75, 3.05) is 46.9 Å². The molecule has 2 saturated heterocycles. The monoisotopic (exact) mass is 227 g/mol. The predicted octanol–water partition coefficient (Wildman–Crippen LogP) is -0.863. The largest absolute Gasteiger partial charge is 0.378 e. The molecular weight excluding hydrogens is 206 g/mol. The van der Waals surface area contributed by atoms with Crippen molar-refractivity contribution in [1.82, 2.24) is 15.1 Å². The number of nitrogens with one attached hydrogen (secondary N) is 1. The molecular formula is C11H21N3O2. The molecule has 0 unspecified atom stereocenters. The maximum atomic E-state index is 12.2. The third-order valence-corrected chi connectivity index (χ3v) is 3.46. The summed E-state index contributed by atoms with van der Waals surface area (Å²) in [6.45, 7) is 3.74. The zero-order chi connectivity index (χ0) is 11.5.